The van der Waals surface area contributed by atoms with Gasteiger partial charge in [-0.1, -0.05) is 11.6 Å². The van der Waals surface area contributed by atoms with E-state index in [1.807, 2.05) is 4.57 Å². The molecule has 0 bridgehead atoms. The molecule has 0 aromatic carbocycles. The predicted molar refractivity (Wildman–Crippen MR) is 74.0 cm³/mol. The van der Waals surface area contributed by atoms with E-state index in [2.05, 4.69) is 5.32 Å². The molecule has 2 fully saturated rings. The largest absolute Gasteiger partial charge is 0.481 e. The second-order valence-corrected chi connectivity index (χ2v) is 6.28. The fourth-order valence-corrected chi connectivity index (χ4v) is 3.03. The monoisotopic (exact) mass is 296 g/mol. The number of aromatic nitrogens is 1. The molecule has 5 nitrogen and oxygen atoms in total. The zero-order chi connectivity index (χ0) is 14.3. The molecule has 1 heterocycles. The van der Waals surface area contributed by atoms with Gasteiger partial charge in [0.05, 0.1) is 17.0 Å². The summed E-state index contributed by atoms with van der Waals surface area (Å²) in [6, 6.07) is 2.02. The zero-order valence-corrected chi connectivity index (χ0v) is 11.8. The number of nitrogens with one attached hydrogen (secondary N) is 1. The molecule has 1 amide bonds. The van der Waals surface area contributed by atoms with Crippen molar-refractivity contribution >= 4 is 23.5 Å². The Morgan fingerprint density at radius 1 is 1.45 bits per heavy atom. The van der Waals surface area contributed by atoms with Crippen LogP contribution in [0.5, 0.6) is 0 Å². The smallest absolute Gasteiger partial charge is 0.305 e. The number of rotatable bonds is 5. The van der Waals surface area contributed by atoms with Gasteiger partial charge in [-0.05, 0) is 38.2 Å². The first-order chi connectivity index (χ1) is 9.49. The van der Waals surface area contributed by atoms with Crippen LogP contribution in [0.15, 0.2) is 12.3 Å². The van der Waals surface area contributed by atoms with Crippen molar-refractivity contribution in [2.24, 2.45) is 0 Å². The van der Waals surface area contributed by atoms with E-state index >= 15 is 0 Å². The van der Waals surface area contributed by atoms with Gasteiger partial charge in [0.15, 0.2) is 0 Å². The van der Waals surface area contributed by atoms with Crippen LogP contribution >= 0.6 is 11.6 Å². The molecule has 6 heteroatoms. The first-order valence-corrected chi connectivity index (χ1v) is 7.29. The number of aliphatic carboxylic acids is 1. The molecule has 108 valence electrons. The Balaban J connectivity index is 1.77. The quantitative estimate of drug-likeness (QED) is 0.877. The van der Waals surface area contributed by atoms with Crippen molar-refractivity contribution in [2.45, 2.75) is 50.1 Å². The molecule has 1 aromatic rings. The van der Waals surface area contributed by atoms with Crippen LogP contribution in [-0.2, 0) is 4.79 Å². The average Bonchev–Trinajstić information content (AvgIpc) is 3.09. The molecule has 3 rings (SSSR count). The third-order valence-electron chi connectivity index (χ3n) is 4.17. The molecule has 2 aliphatic rings. The maximum absolute atomic E-state index is 12.4. The molecule has 0 radical (unpaired) electrons. The van der Waals surface area contributed by atoms with E-state index in [-0.39, 0.29) is 12.3 Å². The van der Waals surface area contributed by atoms with Crippen LogP contribution in [0.3, 0.4) is 0 Å². The van der Waals surface area contributed by atoms with E-state index in [1.165, 1.54) is 0 Å². The molecular formula is C14H17ClN2O3. The molecule has 2 saturated carbocycles. The highest BCUT2D eigenvalue weighted by Crippen LogP contribution is 2.38. The van der Waals surface area contributed by atoms with Gasteiger partial charge in [0.25, 0.3) is 5.91 Å². The fraction of sp³-hybridized carbons (Fsp3) is 0.571. The van der Waals surface area contributed by atoms with E-state index < -0.39 is 11.5 Å². The number of hydrogen-bond acceptors (Lipinski definition) is 2. The lowest BCUT2D eigenvalue weighted by Crippen LogP contribution is -2.54. The lowest BCUT2D eigenvalue weighted by molar-refractivity contribution is -0.139. The van der Waals surface area contributed by atoms with Crippen LogP contribution in [0.1, 0.15) is 55.1 Å². The maximum Gasteiger partial charge on any atom is 0.305 e. The van der Waals surface area contributed by atoms with Gasteiger partial charge >= 0.3 is 5.97 Å². The van der Waals surface area contributed by atoms with Crippen molar-refractivity contribution in [1.82, 2.24) is 9.88 Å². The Morgan fingerprint density at radius 3 is 2.65 bits per heavy atom. The number of carbonyl (C=O) groups excluding carboxylic acids is 1. The molecule has 0 spiro atoms. The zero-order valence-electron chi connectivity index (χ0n) is 11.1. The van der Waals surface area contributed by atoms with E-state index in [0.717, 1.165) is 32.1 Å². The van der Waals surface area contributed by atoms with Gasteiger partial charge in [-0.3, -0.25) is 9.59 Å². The van der Waals surface area contributed by atoms with Crippen molar-refractivity contribution in [2.75, 3.05) is 0 Å². The van der Waals surface area contributed by atoms with Gasteiger partial charge in [-0.15, -0.1) is 0 Å². The number of hydrogen-bond donors (Lipinski definition) is 2. The van der Waals surface area contributed by atoms with Crippen LogP contribution in [0, 0.1) is 0 Å². The summed E-state index contributed by atoms with van der Waals surface area (Å²) in [7, 11) is 0. The van der Waals surface area contributed by atoms with Gasteiger partial charge in [-0.25, -0.2) is 0 Å². The Labute approximate surface area is 121 Å². The molecule has 0 atom stereocenters. The van der Waals surface area contributed by atoms with Gasteiger partial charge in [0, 0.05) is 12.2 Å². The fourth-order valence-electron chi connectivity index (χ4n) is 2.83. The van der Waals surface area contributed by atoms with E-state index in [9.17, 15) is 9.59 Å². The first kappa shape index (κ1) is 13.5. The molecule has 2 N–H and O–H groups in total. The van der Waals surface area contributed by atoms with Crippen molar-refractivity contribution < 1.29 is 14.7 Å². The third-order valence-corrected chi connectivity index (χ3v) is 4.37. The van der Waals surface area contributed by atoms with Gasteiger partial charge in [-0.2, -0.15) is 0 Å². The van der Waals surface area contributed by atoms with Crippen molar-refractivity contribution in [3.05, 3.63) is 23.0 Å². The summed E-state index contributed by atoms with van der Waals surface area (Å²) in [5.74, 6) is -1.09. The number of carbonyl (C=O) groups is 2. The predicted octanol–water partition coefficient (Wildman–Crippen LogP) is 2.60. The van der Waals surface area contributed by atoms with Crippen LogP contribution in [0.2, 0.25) is 5.02 Å². The average molecular weight is 297 g/mol. The lowest BCUT2D eigenvalue weighted by Gasteiger charge is -2.41. The van der Waals surface area contributed by atoms with Gasteiger partial charge in [0.2, 0.25) is 0 Å². The first-order valence-electron chi connectivity index (χ1n) is 6.91. The molecular weight excluding hydrogens is 280 g/mol. The second-order valence-electron chi connectivity index (χ2n) is 5.84. The summed E-state index contributed by atoms with van der Waals surface area (Å²) < 4.78 is 1.91. The molecule has 2 aliphatic carbocycles. The SMILES string of the molecule is O=C(O)CC1(NC(=O)c2cc(Cl)cn2C2CC2)CCC1. The third kappa shape index (κ3) is 2.54. The van der Waals surface area contributed by atoms with Crippen molar-refractivity contribution in [1.29, 1.82) is 0 Å². The topological polar surface area (TPSA) is 71.3 Å². The van der Waals surface area contributed by atoms with E-state index in [4.69, 9.17) is 16.7 Å². The minimum atomic E-state index is -0.874. The second kappa shape index (κ2) is 4.81. The van der Waals surface area contributed by atoms with Crippen LogP contribution in [0.4, 0.5) is 0 Å². The summed E-state index contributed by atoms with van der Waals surface area (Å²) in [5.41, 5.74) is -0.0391. The molecule has 1 aromatic heterocycles. The van der Waals surface area contributed by atoms with E-state index in [1.54, 1.807) is 12.3 Å². The highest BCUT2D eigenvalue weighted by molar-refractivity contribution is 6.31. The minimum Gasteiger partial charge on any atom is -0.481 e. The Bertz CT molecular complexity index is 559. The standard InChI is InChI=1S/C14H17ClN2O3/c15-9-6-11(17(8-9)10-2-3-10)13(20)16-14(4-1-5-14)7-12(18)19/h6,8,10H,1-5,7H2,(H,16,20)(H,18,19). The Morgan fingerprint density at radius 2 is 2.15 bits per heavy atom. The number of nitrogens with zero attached hydrogens (tertiary/aromatic N) is 1. The highest BCUT2D eigenvalue weighted by Gasteiger charge is 2.41. The summed E-state index contributed by atoms with van der Waals surface area (Å²) >= 11 is 5.99. The Hall–Kier alpha value is -1.49. The lowest BCUT2D eigenvalue weighted by atomic mass is 9.74. The Kier molecular flexibility index (Phi) is 3.24. The highest BCUT2D eigenvalue weighted by atomic mass is 35.5. The van der Waals surface area contributed by atoms with Crippen LogP contribution in [0.25, 0.3) is 0 Å². The molecule has 0 unspecified atom stereocenters. The van der Waals surface area contributed by atoms with Gasteiger partial charge < -0.3 is 15.0 Å². The number of carboxylic acids is 1. The maximum atomic E-state index is 12.4. The normalized spacial score (nSPS) is 20.2. The van der Waals surface area contributed by atoms with Crippen LogP contribution < -0.4 is 5.32 Å². The number of halogens is 1. The molecule has 20 heavy (non-hydrogen) atoms. The molecule has 0 aliphatic heterocycles. The number of amides is 1. The summed E-state index contributed by atoms with van der Waals surface area (Å²) in [6.07, 6.45) is 6.29. The van der Waals surface area contributed by atoms with E-state index in [0.29, 0.717) is 16.8 Å². The summed E-state index contributed by atoms with van der Waals surface area (Å²) in [6.45, 7) is 0. The number of carboxylic acid groups (broad SMARTS) is 1. The van der Waals surface area contributed by atoms with Crippen molar-refractivity contribution in [3.8, 4) is 0 Å². The van der Waals surface area contributed by atoms with Crippen LogP contribution in [-0.4, -0.2) is 27.1 Å². The summed E-state index contributed by atoms with van der Waals surface area (Å²) in [4.78, 5) is 23.4. The van der Waals surface area contributed by atoms with Gasteiger partial charge in [0.1, 0.15) is 5.69 Å². The van der Waals surface area contributed by atoms with Crippen molar-refractivity contribution in [3.63, 3.8) is 0 Å². The summed E-state index contributed by atoms with van der Waals surface area (Å²) in [5, 5.41) is 12.4. The molecule has 0 saturated heterocycles. The minimum absolute atomic E-state index is 0.0173.